The van der Waals surface area contributed by atoms with Gasteiger partial charge in [-0.1, -0.05) is 62.5 Å². The lowest BCUT2D eigenvalue weighted by molar-refractivity contribution is -0.141. The zero-order valence-corrected chi connectivity index (χ0v) is 23.6. The lowest BCUT2D eigenvalue weighted by Gasteiger charge is -2.22. The van der Waals surface area contributed by atoms with Crippen molar-refractivity contribution in [1.82, 2.24) is 0 Å². The first kappa shape index (κ1) is 34.2. The topological polar surface area (TPSA) is 96.2 Å². The molecule has 3 N–H and O–H groups in total. The van der Waals surface area contributed by atoms with Crippen LogP contribution in [0.4, 0.5) is 13.2 Å². The van der Waals surface area contributed by atoms with Crippen molar-refractivity contribution < 1.29 is 42.8 Å². The van der Waals surface area contributed by atoms with Crippen LogP contribution in [-0.2, 0) is 40.0 Å². The molecule has 226 valence electrons. The second-order valence-corrected chi connectivity index (χ2v) is 10.1. The Morgan fingerprint density at radius 2 is 1.56 bits per heavy atom. The van der Waals surface area contributed by atoms with Crippen molar-refractivity contribution in [2.75, 3.05) is 26.4 Å². The molecule has 0 spiro atoms. The van der Waals surface area contributed by atoms with Crippen LogP contribution in [0.1, 0.15) is 59.9 Å². The molecule has 0 aliphatic carbocycles. The molecular formula is C32H41F3O6. The highest BCUT2D eigenvalue weighted by molar-refractivity contribution is 5.87. The van der Waals surface area contributed by atoms with E-state index in [1.165, 1.54) is 0 Å². The van der Waals surface area contributed by atoms with E-state index < -0.39 is 44.0 Å². The lowest BCUT2D eigenvalue weighted by atomic mass is 9.92. The number of esters is 1. The summed E-state index contributed by atoms with van der Waals surface area (Å²) in [6, 6.07) is 14.0. The molecule has 0 aliphatic rings. The van der Waals surface area contributed by atoms with Crippen LogP contribution >= 0.6 is 0 Å². The number of halogens is 3. The number of rotatable bonds is 18. The predicted molar refractivity (Wildman–Crippen MR) is 151 cm³/mol. The fourth-order valence-electron chi connectivity index (χ4n) is 4.27. The maximum absolute atomic E-state index is 12.3. The highest BCUT2D eigenvalue weighted by Crippen LogP contribution is 2.25. The average Bonchev–Trinajstić information content (AvgIpc) is 2.97. The Kier molecular flexibility index (Phi) is 14.3. The van der Waals surface area contributed by atoms with Gasteiger partial charge in [0.15, 0.2) is 6.29 Å². The van der Waals surface area contributed by atoms with Crippen LogP contribution in [0.25, 0.3) is 0 Å². The first-order chi connectivity index (χ1) is 19.5. The number of carbonyl (C=O) groups is 1. The second-order valence-electron chi connectivity index (χ2n) is 10.1. The third-order valence-electron chi connectivity index (χ3n) is 6.87. The zero-order chi connectivity index (χ0) is 30.4. The van der Waals surface area contributed by atoms with Crippen molar-refractivity contribution >= 4 is 5.97 Å². The molecule has 0 saturated carbocycles. The SMILES string of the molecule is C=C(CO)C(=O)OCC(COC(O)C(=C)CO)c1ccc(CCc2ccc(CCCCC(F)(F)F)cc2)c(CC)c1. The first-order valence-electron chi connectivity index (χ1n) is 13.8. The van der Waals surface area contributed by atoms with Gasteiger partial charge in [0.1, 0.15) is 6.61 Å². The van der Waals surface area contributed by atoms with E-state index in [0.717, 1.165) is 47.1 Å². The molecule has 0 radical (unpaired) electrons. The van der Waals surface area contributed by atoms with Crippen molar-refractivity contribution in [2.45, 2.75) is 70.3 Å². The van der Waals surface area contributed by atoms with Crippen molar-refractivity contribution in [3.05, 3.63) is 94.6 Å². The van der Waals surface area contributed by atoms with E-state index in [2.05, 4.69) is 13.2 Å². The smallest absolute Gasteiger partial charge is 0.389 e. The van der Waals surface area contributed by atoms with E-state index in [9.17, 15) is 28.2 Å². The Bertz CT molecular complexity index is 1130. The van der Waals surface area contributed by atoms with Gasteiger partial charge in [-0.15, -0.1) is 0 Å². The number of carbonyl (C=O) groups excluding carboxylic acids is 1. The van der Waals surface area contributed by atoms with Gasteiger partial charge in [-0.05, 0) is 66.3 Å². The molecule has 0 bridgehead atoms. The Morgan fingerprint density at radius 1 is 0.902 bits per heavy atom. The third-order valence-corrected chi connectivity index (χ3v) is 6.87. The van der Waals surface area contributed by atoms with E-state index >= 15 is 0 Å². The molecule has 0 saturated heterocycles. The summed E-state index contributed by atoms with van der Waals surface area (Å²) in [7, 11) is 0. The highest BCUT2D eigenvalue weighted by Gasteiger charge is 2.25. The average molecular weight is 579 g/mol. The number of alkyl halides is 3. The number of ether oxygens (including phenoxy) is 2. The predicted octanol–water partition coefficient (Wildman–Crippen LogP) is 5.37. The van der Waals surface area contributed by atoms with Gasteiger partial charge in [-0.25, -0.2) is 4.79 Å². The number of aryl methyl sites for hydroxylation is 4. The molecule has 2 atom stereocenters. The maximum Gasteiger partial charge on any atom is 0.389 e. The van der Waals surface area contributed by atoms with Gasteiger partial charge in [-0.2, -0.15) is 13.2 Å². The lowest BCUT2D eigenvalue weighted by Crippen LogP contribution is -2.24. The third kappa shape index (κ3) is 12.2. The van der Waals surface area contributed by atoms with Crippen LogP contribution in [0, 0.1) is 0 Å². The fraction of sp³-hybridized carbons (Fsp3) is 0.469. The molecule has 0 amide bonds. The molecular weight excluding hydrogens is 537 g/mol. The van der Waals surface area contributed by atoms with Gasteiger partial charge in [0, 0.05) is 17.9 Å². The number of unbranched alkanes of at least 4 members (excludes halogenated alkanes) is 1. The first-order valence-corrected chi connectivity index (χ1v) is 13.8. The minimum Gasteiger partial charge on any atom is -0.462 e. The number of hydrogen-bond donors (Lipinski definition) is 3. The van der Waals surface area contributed by atoms with Crippen LogP contribution in [-0.4, -0.2) is 60.2 Å². The minimum absolute atomic E-state index is 0.00980. The van der Waals surface area contributed by atoms with Gasteiger partial charge >= 0.3 is 12.1 Å². The molecule has 9 heteroatoms. The Morgan fingerprint density at radius 3 is 2.15 bits per heavy atom. The summed E-state index contributed by atoms with van der Waals surface area (Å²) < 4.78 is 47.8. The quantitative estimate of drug-likeness (QED) is 0.0724. The van der Waals surface area contributed by atoms with Gasteiger partial charge in [0.05, 0.1) is 25.4 Å². The molecule has 0 aromatic heterocycles. The van der Waals surface area contributed by atoms with Crippen molar-refractivity contribution in [1.29, 1.82) is 0 Å². The number of aliphatic hydroxyl groups excluding tert-OH is 3. The van der Waals surface area contributed by atoms with E-state index in [1.54, 1.807) is 0 Å². The van der Waals surface area contributed by atoms with Crippen molar-refractivity contribution in [2.24, 2.45) is 0 Å². The van der Waals surface area contributed by atoms with E-state index in [0.29, 0.717) is 12.8 Å². The van der Waals surface area contributed by atoms with E-state index in [1.807, 2.05) is 49.4 Å². The molecule has 0 aliphatic heterocycles. The van der Waals surface area contributed by atoms with Gasteiger partial charge in [-0.3, -0.25) is 0 Å². The van der Waals surface area contributed by atoms with Gasteiger partial charge in [0.25, 0.3) is 0 Å². The number of benzene rings is 2. The largest absolute Gasteiger partial charge is 0.462 e. The highest BCUT2D eigenvalue weighted by atomic mass is 19.4. The Labute approximate surface area is 240 Å². The molecule has 2 unspecified atom stereocenters. The summed E-state index contributed by atoms with van der Waals surface area (Å²) in [5.41, 5.74) is 5.30. The molecule has 41 heavy (non-hydrogen) atoms. The second kappa shape index (κ2) is 17.1. The Balaban J connectivity index is 2.06. The fourth-order valence-corrected chi connectivity index (χ4v) is 4.27. The van der Waals surface area contributed by atoms with Crippen LogP contribution in [0.5, 0.6) is 0 Å². The normalized spacial score (nSPS) is 13.0. The van der Waals surface area contributed by atoms with Crippen LogP contribution < -0.4 is 0 Å². The summed E-state index contributed by atoms with van der Waals surface area (Å²) in [4.78, 5) is 12.1. The molecule has 0 heterocycles. The number of hydrogen-bond acceptors (Lipinski definition) is 6. The molecule has 2 rings (SSSR count). The minimum atomic E-state index is -4.10. The number of aliphatic hydroxyl groups is 3. The molecule has 2 aromatic carbocycles. The van der Waals surface area contributed by atoms with E-state index in [-0.39, 0.29) is 30.8 Å². The summed E-state index contributed by atoms with van der Waals surface area (Å²) in [6.45, 7) is 8.04. The van der Waals surface area contributed by atoms with Crippen LogP contribution in [0.15, 0.2) is 66.8 Å². The van der Waals surface area contributed by atoms with E-state index in [4.69, 9.17) is 14.6 Å². The molecule has 6 nitrogen and oxygen atoms in total. The standard InChI is InChI=1S/C32H41F3O6/c1-4-26-17-28(29(20-40-30(38)22(2)18-36)21-41-31(39)23(3)19-37)15-14-27(26)13-12-25-10-8-24(9-11-25)7-5-6-16-32(33,34)35/h8-11,14-15,17,29-30,36-38H,2-7,12-13,16,18-21H2,1H3. The summed E-state index contributed by atoms with van der Waals surface area (Å²) in [5.74, 6) is -1.16. The van der Waals surface area contributed by atoms with Crippen molar-refractivity contribution in [3.8, 4) is 0 Å². The van der Waals surface area contributed by atoms with Crippen LogP contribution in [0.2, 0.25) is 0 Å². The summed E-state index contributed by atoms with van der Waals surface area (Å²) in [5, 5.41) is 28.4. The summed E-state index contributed by atoms with van der Waals surface area (Å²) in [6.07, 6.45) is -2.62. The Hall–Kier alpha value is -2.98. The zero-order valence-electron chi connectivity index (χ0n) is 23.6. The van der Waals surface area contributed by atoms with Gasteiger partial charge < -0.3 is 24.8 Å². The summed E-state index contributed by atoms with van der Waals surface area (Å²) >= 11 is 0. The monoisotopic (exact) mass is 578 g/mol. The molecule has 0 fully saturated rings. The van der Waals surface area contributed by atoms with Crippen LogP contribution in [0.3, 0.4) is 0 Å². The molecule has 2 aromatic rings. The maximum atomic E-state index is 12.3. The van der Waals surface area contributed by atoms with Crippen molar-refractivity contribution in [3.63, 3.8) is 0 Å². The van der Waals surface area contributed by atoms with Gasteiger partial charge in [0.2, 0.25) is 0 Å².